The van der Waals surface area contributed by atoms with Gasteiger partial charge < -0.3 is 4.74 Å². The van der Waals surface area contributed by atoms with Crippen molar-refractivity contribution in [2.24, 2.45) is 0 Å². The maximum Gasteiger partial charge on any atom is 0.213 e. The molecule has 0 aliphatic carbocycles. The largest absolute Gasteiger partial charge is 0.481 e. The SMILES string of the molecule is [B]c1cnc2c(c1)nc(-c1ccccn1)n2-c1ccc(OC)nc1. The fourth-order valence-electron chi connectivity index (χ4n) is 2.52. The number of aromatic nitrogens is 5. The van der Waals surface area contributed by atoms with E-state index in [1.165, 1.54) is 0 Å². The Balaban J connectivity index is 2.00. The molecule has 0 aromatic carbocycles. The van der Waals surface area contributed by atoms with Crippen LogP contribution >= 0.6 is 0 Å². The highest BCUT2D eigenvalue weighted by molar-refractivity contribution is 6.32. The van der Waals surface area contributed by atoms with Gasteiger partial charge in [0.25, 0.3) is 0 Å². The number of hydrogen-bond donors (Lipinski definition) is 0. The van der Waals surface area contributed by atoms with Gasteiger partial charge in [-0.2, -0.15) is 0 Å². The molecule has 114 valence electrons. The third-order valence-corrected chi connectivity index (χ3v) is 3.60. The number of fused-ring (bicyclic) bond motifs is 1. The topological polar surface area (TPSA) is 65.7 Å². The van der Waals surface area contributed by atoms with Crippen LogP contribution < -0.4 is 10.2 Å². The van der Waals surface area contributed by atoms with E-state index in [0.29, 0.717) is 28.3 Å². The van der Waals surface area contributed by atoms with E-state index in [0.717, 1.165) is 11.4 Å². The highest BCUT2D eigenvalue weighted by atomic mass is 16.5. The average Bonchev–Trinajstić information content (AvgIpc) is 3.01. The second kappa shape index (κ2) is 5.77. The van der Waals surface area contributed by atoms with Crippen LogP contribution in [0.3, 0.4) is 0 Å². The molecule has 6 nitrogen and oxygen atoms in total. The standard InChI is InChI=1S/C17H12BN5O/c1-24-15-6-5-12(10-20-15)23-16-14(8-11(18)9-21-16)22-17(23)13-4-2-3-7-19-13/h2-10H,1H3. The van der Waals surface area contributed by atoms with Gasteiger partial charge in [0.05, 0.1) is 19.0 Å². The van der Waals surface area contributed by atoms with Gasteiger partial charge in [-0.25, -0.2) is 15.0 Å². The van der Waals surface area contributed by atoms with E-state index in [4.69, 9.17) is 12.6 Å². The van der Waals surface area contributed by atoms with Crippen LogP contribution in [0, 0.1) is 0 Å². The number of rotatable bonds is 3. The molecule has 0 bridgehead atoms. The zero-order valence-electron chi connectivity index (χ0n) is 12.9. The highest BCUT2D eigenvalue weighted by Gasteiger charge is 2.16. The van der Waals surface area contributed by atoms with Crippen molar-refractivity contribution < 1.29 is 4.74 Å². The summed E-state index contributed by atoms with van der Waals surface area (Å²) in [7, 11) is 7.42. The predicted molar refractivity (Wildman–Crippen MR) is 91.8 cm³/mol. The highest BCUT2D eigenvalue weighted by Crippen LogP contribution is 2.26. The summed E-state index contributed by atoms with van der Waals surface area (Å²) in [5.41, 5.74) is 3.51. The fraction of sp³-hybridized carbons (Fsp3) is 0.0588. The van der Waals surface area contributed by atoms with Crippen LogP contribution in [0.1, 0.15) is 0 Å². The molecule has 4 rings (SSSR count). The van der Waals surface area contributed by atoms with E-state index < -0.39 is 0 Å². The number of pyridine rings is 3. The third kappa shape index (κ3) is 2.40. The van der Waals surface area contributed by atoms with E-state index in [1.807, 2.05) is 28.8 Å². The fourth-order valence-corrected chi connectivity index (χ4v) is 2.52. The first-order valence-electron chi connectivity index (χ1n) is 7.32. The van der Waals surface area contributed by atoms with Crippen LogP contribution in [0.2, 0.25) is 0 Å². The molecule has 0 spiro atoms. The molecule has 24 heavy (non-hydrogen) atoms. The monoisotopic (exact) mass is 313 g/mol. The second-order valence-electron chi connectivity index (χ2n) is 5.16. The molecule has 0 amide bonds. The van der Waals surface area contributed by atoms with Crippen molar-refractivity contribution in [3.8, 4) is 23.1 Å². The number of imidazole rings is 1. The molecule has 0 saturated heterocycles. The van der Waals surface area contributed by atoms with Crippen molar-refractivity contribution in [1.82, 2.24) is 24.5 Å². The van der Waals surface area contributed by atoms with Crippen LogP contribution in [0.5, 0.6) is 5.88 Å². The predicted octanol–water partition coefficient (Wildman–Crippen LogP) is 1.68. The van der Waals surface area contributed by atoms with E-state index in [2.05, 4.69) is 19.9 Å². The Labute approximate surface area is 139 Å². The van der Waals surface area contributed by atoms with Crippen molar-refractivity contribution in [2.75, 3.05) is 7.11 Å². The maximum atomic E-state index is 5.84. The smallest absolute Gasteiger partial charge is 0.213 e. The zero-order chi connectivity index (χ0) is 16.5. The molecule has 4 aromatic rings. The molecule has 4 aromatic heterocycles. The van der Waals surface area contributed by atoms with Gasteiger partial charge in [-0.15, -0.1) is 0 Å². The molecule has 0 unspecified atom stereocenters. The molecule has 2 radical (unpaired) electrons. The summed E-state index contributed by atoms with van der Waals surface area (Å²) < 4.78 is 7.03. The van der Waals surface area contributed by atoms with Crippen LogP contribution in [0.25, 0.3) is 28.4 Å². The van der Waals surface area contributed by atoms with Crippen molar-refractivity contribution in [1.29, 1.82) is 0 Å². The Hall–Kier alpha value is -3.22. The lowest BCUT2D eigenvalue weighted by Gasteiger charge is -2.08. The van der Waals surface area contributed by atoms with Gasteiger partial charge in [0.15, 0.2) is 11.5 Å². The summed E-state index contributed by atoms with van der Waals surface area (Å²) in [4.78, 5) is 17.8. The van der Waals surface area contributed by atoms with E-state index >= 15 is 0 Å². The first kappa shape index (κ1) is 14.4. The molecule has 7 heteroatoms. The van der Waals surface area contributed by atoms with Crippen molar-refractivity contribution in [3.05, 3.63) is 55.0 Å². The van der Waals surface area contributed by atoms with Gasteiger partial charge >= 0.3 is 0 Å². The molecule has 0 fully saturated rings. The first-order chi connectivity index (χ1) is 11.8. The van der Waals surface area contributed by atoms with Gasteiger partial charge in [-0.3, -0.25) is 9.55 Å². The quantitative estimate of drug-likeness (QED) is 0.538. The Kier molecular flexibility index (Phi) is 3.46. The molecular formula is C17H12BN5O. The van der Waals surface area contributed by atoms with E-state index in [1.54, 1.807) is 37.8 Å². The molecular weight excluding hydrogens is 301 g/mol. The minimum atomic E-state index is 0.541. The lowest BCUT2D eigenvalue weighted by Crippen LogP contribution is -2.04. The Morgan fingerprint density at radius 1 is 1.04 bits per heavy atom. The minimum Gasteiger partial charge on any atom is -0.481 e. The van der Waals surface area contributed by atoms with Gasteiger partial charge in [0.2, 0.25) is 5.88 Å². The third-order valence-electron chi connectivity index (χ3n) is 3.60. The molecule has 4 heterocycles. The lowest BCUT2D eigenvalue weighted by atomic mass is 9.99. The maximum absolute atomic E-state index is 5.84. The van der Waals surface area contributed by atoms with Gasteiger partial charge in [-0.05, 0) is 24.3 Å². The number of hydrogen-bond acceptors (Lipinski definition) is 5. The van der Waals surface area contributed by atoms with Crippen molar-refractivity contribution in [2.45, 2.75) is 0 Å². The van der Waals surface area contributed by atoms with Crippen LogP contribution in [0.15, 0.2) is 55.0 Å². The Morgan fingerprint density at radius 3 is 2.67 bits per heavy atom. The molecule has 0 saturated carbocycles. The molecule has 0 atom stereocenters. The van der Waals surface area contributed by atoms with Crippen LogP contribution in [0.4, 0.5) is 0 Å². The zero-order valence-corrected chi connectivity index (χ0v) is 12.9. The van der Waals surface area contributed by atoms with Gasteiger partial charge in [-0.1, -0.05) is 11.5 Å². The summed E-state index contributed by atoms with van der Waals surface area (Å²) in [6, 6.07) is 11.2. The minimum absolute atomic E-state index is 0.541. The normalized spacial score (nSPS) is 10.9. The summed E-state index contributed by atoms with van der Waals surface area (Å²) in [5, 5.41) is 0. The molecule has 0 N–H and O–H groups in total. The van der Waals surface area contributed by atoms with E-state index in [9.17, 15) is 0 Å². The van der Waals surface area contributed by atoms with Crippen molar-refractivity contribution in [3.63, 3.8) is 0 Å². The van der Waals surface area contributed by atoms with Gasteiger partial charge in [0, 0.05) is 18.5 Å². The molecule has 0 aliphatic rings. The number of ether oxygens (including phenoxy) is 1. The van der Waals surface area contributed by atoms with Crippen LogP contribution in [-0.4, -0.2) is 39.5 Å². The first-order valence-corrected chi connectivity index (χ1v) is 7.32. The summed E-state index contributed by atoms with van der Waals surface area (Å²) in [6.45, 7) is 0. The number of nitrogens with zero attached hydrogens (tertiary/aromatic N) is 5. The van der Waals surface area contributed by atoms with Crippen LogP contribution in [-0.2, 0) is 0 Å². The Morgan fingerprint density at radius 2 is 1.96 bits per heavy atom. The summed E-state index contributed by atoms with van der Waals surface area (Å²) in [5.74, 6) is 1.22. The van der Waals surface area contributed by atoms with Crippen molar-refractivity contribution >= 4 is 24.5 Å². The summed E-state index contributed by atoms with van der Waals surface area (Å²) >= 11 is 0. The second-order valence-corrected chi connectivity index (χ2v) is 5.16. The average molecular weight is 313 g/mol. The van der Waals surface area contributed by atoms with E-state index in [-0.39, 0.29) is 0 Å². The molecule has 0 aliphatic heterocycles. The number of methoxy groups -OCH3 is 1. The summed E-state index contributed by atoms with van der Waals surface area (Å²) in [6.07, 6.45) is 5.05. The Bertz CT molecular complexity index is 999. The van der Waals surface area contributed by atoms with Gasteiger partial charge in [0.1, 0.15) is 19.1 Å². The lowest BCUT2D eigenvalue weighted by molar-refractivity contribution is 0.398.